The standard InChI is InChI=1S/C20H27F2NO4S/c1-2-3-4-6-15(24)9-8-14-13-20(21,22)19(27)23(14)12-5-7-16-10-11-17(28-16)18(25)26/h8-11,14-15,24H,2-7,12-13H2,1H3,(H,25,26)/p-1/b9-8+/t14-,15+/m0/s1. The van der Waals surface area contributed by atoms with Gasteiger partial charge in [-0.2, -0.15) is 8.78 Å². The fourth-order valence-corrected chi connectivity index (χ4v) is 4.15. The zero-order chi connectivity index (χ0) is 20.7. The summed E-state index contributed by atoms with van der Waals surface area (Å²) in [6.45, 7) is 2.20. The summed E-state index contributed by atoms with van der Waals surface area (Å²) >= 11 is 1.09. The van der Waals surface area contributed by atoms with Gasteiger partial charge in [0.2, 0.25) is 0 Å². The van der Waals surface area contributed by atoms with E-state index in [9.17, 15) is 28.6 Å². The summed E-state index contributed by atoms with van der Waals surface area (Å²) in [4.78, 5) is 24.9. The lowest BCUT2D eigenvalue weighted by molar-refractivity contribution is -0.254. The molecule has 0 spiro atoms. The largest absolute Gasteiger partial charge is 0.544 e. The van der Waals surface area contributed by atoms with E-state index in [-0.39, 0.29) is 11.4 Å². The molecule has 0 radical (unpaired) electrons. The highest BCUT2D eigenvalue weighted by Crippen LogP contribution is 2.34. The van der Waals surface area contributed by atoms with Crippen LogP contribution in [0.2, 0.25) is 0 Å². The molecule has 0 aliphatic carbocycles. The second-order valence-electron chi connectivity index (χ2n) is 7.08. The molecule has 0 unspecified atom stereocenters. The minimum atomic E-state index is -3.40. The van der Waals surface area contributed by atoms with Crippen molar-refractivity contribution in [1.29, 1.82) is 0 Å². The number of hydrogen-bond donors (Lipinski definition) is 1. The van der Waals surface area contributed by atoms with Gasteiger partial charge in [0.1, 0.15) is 0 Å². The average Bonchev–Trinajstić information content (AvgIpc) is 3.18. The van der Waals surface area contributed by atoms with Crippen molar-refractivity contribution in [2.75, 3.05) is 6.54 Å². The minimum absolute atomic E-state index is 0.122. The summed E-state index contributed by atoms with van der Waals surface area (Å²) in [5, 5.41) is 20.8. The molecule has 8 heteroatoms. The zero-order valence-electron chi connectivity index (χ0n) is 15.9. The van der Waals surface area contributed by atoms with E-state index in [1.54, 1.807) is 6.07 Å². The summed E-state index contributed by atoms with van der Waals surface area (Å²) < 4.78 is 27.8. The van der Waals surface area contributed by atoms with E-state index in [4.69, 9.17) is 0 Å². The Hall–Kier alpha value is -1.80. The Kier molecular flexibility index (Phi) is 8.12. The van der Waals surface area contributed by atoms with Gasteiger partial charge in [-0.1, -0.05) is 38.3 Å². The first-order valence-corrected chi connectivity index (χ1v) is 10.4. The van der Waals surface area contributed by atoms with Crippen molar-refractivity contribution in [2.24, 2.45) is 0 Å². The number of aliphatic hydroxyl groups is 1. The maximum Gasteiger partial charge on any atom is 0.327 e. The Labute approximate surface area is 167 Å². The van der Waals surface area contributed by atoms with Crippen LogP contribution in [0, 0.1) is 0 Å². The van der Waals surface area contributed by atoms with Gasteiger partial charge in [0.05, 0.1) is 23.0 Å². The van der Waals surface area contributed by atoms with E-state index in [1.807, 2.05) is 0 Å². The van der Waals surface area contributed by atoms with E-state index >= 15 is 0 Å². The van der Waals surface area contributed by atoms with Gasteiger partial charge in [0.25, 0.3) is 5.91 Å². The molecule has 5 nitrogen and oxygen atoms in total. The number of thiophene rings is 1. The number of unbranched alkanes of at least 4 members (excludes halogenated alkanes) is 2. The third kappa shape index (κ3) is 6.10. The van der Waals surface area contributed by atoms with Crippen LogP contribution >= 0.6 is 11.3 Å². The summed E-state index contributed by atoms with van der Waals surface area (Å²) in [5.41, 5.74) is 0. The van der Waals surface area contributed by atoms with Crippen molar-refractivity contribution < 1.29 is 28.6 Å². The Morgan fingerprint density at radius 1 is 1.43 bits per heavy atom. The Morgan fingerprint density at radius 2 is 2.18 bits per heavy atom. The summed E-state index contributed by atoms with van der Waals surface area (Å²) in [7, 11) is 0. The van der Waals surface area contributed by atoms with Gasteiger partial charge in [0, 0.05) is 17.8 Å². The summed E-state index contributed by atoms with van der Waals surface area (Å²) in [6, 6.07) is 2.38. The van der Waals surface area contributed by atoms with Crippen LogP contribution in [0.15, 0.2) is 24.3 Å². The number of carboxylic acid groups (broad SMARTS) is 1. The molecule has 1 saturated heterocycles. The normalized spacial score (nSPS) is 20.2. The molecule has 0 saturated carbocycles. The highest BCUT2D eigenvalue weighted by Gasteiger charge is 2.52. The third-order valence-electron chi connectivity index (χ3n) is 4.78. The second-order valence-corrected chi connectivity index (χ2v) is 8.25. The molecular formula is C20H26F2NO4S-. The molecule has 28 heavy (non-hydrogen) atoms. The number of aliphatic hydroxyl groups excluding tert-OH is 1. The number of rotatable bonds is 11. The fraction of sp³-hybridized carbons (Fsp3) is 0.600. The number of alkyl halides is 2. The SMILES string of the molecule is CCCCC[C@@H](O)/C=C/[C@H]1CC(F)(F)C(=O)N1CCCc1ccc(C(=O)[O-])s1. The Morgan fingerprint density at radius 3 is 2.82 bits per heavy atom. The smallest absolute Gasteiger partial charge is 0.327 e. The first kappa shape index (κ1) is 22.5. The number of hydrogen-bond acceptors (Lipinski definition) is 5. The van der Waals surface area contributed by atoms with Crippen LogP contribution in [0.5, 0.6) is 0 Å². The predicted molar refractivity (Wildman–Crippen MR) is 101 cm³/mol. The number of carboxylic acids is 1. The average molecular weight is 414 g/mol. The van der Waals surface area contributed by atoms with Crippen LogP contribution < -0.4 is 5.11 Å². The molecule has 2 rings (SSSR count). The van der Waals surface area contributed by atoms with Gasteiger partial charge in [-0.3, -0.25) is 4.79 Å². The van der Waals surface area contributed by atoms with E-state index in [2.05, 4.69) is 6.92 Å². The maximum absolute atomic E-state index is 13.9. The monoisotopic (exact) mass is 414 g/mol. The number of aromatic carboxylic acids is 1. The van der Waals surface area contributed by atoms with Crippen LogP contribution in [-0.4, -0.2) is 46.5 Å². The maximum atomic E-state index is 13.9. The number of halogens is 2. The highest BCUT2D eigenvalue weighted by molar-refractivity contribution is 7.13. The quantitative estimate of drug-likeness (QED) is 0.446. The lowest BCUT2D eigenvalue weighted by Crippen LogP contribution is -2.36. The highest BCUT2D eigenvalue weighted by atomic mass is 32.1. The molecule has 1 aliphatic rings. The van der Waals surface area contributed by atoms with Crippen molar-refractivity contribution in [3.05, 3.63) is 34.0 Å². The lowest BCUT2D eigenvalue weighted by atomic mass is 10.1. The van der Waals surface area contributed by atoms with Crippen LogP contribution in [0.4, 0.5) is 8.78 Å². The molecule has 1 fully saturated rings. The van der Waals surface area contributed by atoms with Crippen molar-refractivity contribution in [1.82, 2.24) is 4.90 Å². The fourth-order valence-electron chi connectivity index (χ4n) is 3.26. The van der Waals surface area contributed by atoms with Crippen LogP contribution in [0.3, 0.4) is 0 Å². The molecule has 1 amide bonds. The van der Waals surface area contributed by atoms with Crippen molar-refractivity contribution in [3.8, 4) is 0 Å². The first-order chi connectivity index (χ1) is 13.2. The van der Waals surface area contributed by atoms with E-state index in [0.717, 1.165) is 40.4 Å². The molecular weight excluding hydrogens is 388 g/mol. The molecule has 2 atom stereocenters. The first-order valence-electron chi connectivity index (χ1n) is 9.60. The lowest BCUT2D eigenvalue weighted by Gasteiger charge is -2.22. The van der Waals surface area contributed by atoms with Crippen LogP contribution in [-0.2, 0) is 11.2 Å². The Balaban J connectivity index is 1.92. The number of carbonyl (C=O) groups is 2. The number of carbonyl (C=O) groups excluding carboxylic acids is 2. The number of aryl methyl sites for hydroxylation is 1. The van der Waals surface area contributed by atoms with Gasteiger partial charge in [-0.05, 0) is 31.4 Å². The molecule has 0 bridgehead atoms. The number of likely N-dealkylation sites (tertiary alicyclic amines) is 1. The minimum Gasteiger partial charge on any atom is -0.544 e. The molecule has 0 aromatic carbocycles. The summed E-state index contributed by atoms with van der Waals surface area (Å²) in [6.07, 6.45) is 6.12. The topological polar surface area (TPSA) is 80.7 Å². The Bertz CT molecular complexity index is 704. The molecule has 1 aromatic heterocycles. The summed E-state index contributed by atoms with van der Waals surface area (Å²) in [5.74, 6) is -5.83. The van der Waals surface area contributed by atoms with Gasteiger partial charge >= 0.3 is 5.92 Å². The number of nitrogens with zero attached hydrogens (tertiary/aromatic N) is 1. The zero-order valence-corrected chi connectivity index (χ0v) is 16.7. The van der Waals surface area contributed by atoms with Crippen molar-refractivity contribution >= 4 is 23.2 Å². The number of amides is 1. The van der Waals surface area contributed by atoms with E-state index < -0.39 is 36.4 Å². The molecule has 156 valence electrons. The molecule has 1 aromatic rings. The molecule has 1 N–H and O–H groups in total. The van der Waals surface area contributed by atoms with Crippen LogP contribution in [0.25, 0.3) is 0 Å². The van der Waals surface area contributed by atoms with Gasteiger partial charge < -0.3 is 19.9 Å². The third-order valence-corrected chi connectivity index (χ3v) is 5.91. The van der Waals surface area contributed by atoms with Gasteiger partial charge in [-0.25, -0.2) is 0 Å². The van der Waals surface area contributed by atoms with Crippen molar-refractivity contribution in [2.45, 2.75) is 69.9 Å². The molecule has 2 heterocycles. The second kappa shape index (κ2) is 10.1. The predicted octanol–water partition coefficient (Wildman–Crippen LogP) is 2.78. The van der Waals surface area contributed by atoms with Crippen LogP contribution in [0.1, 0.15) is 60.0 Å². The van der Waals surface area contributed by atoms with Gasteiger partial charge in [-0.15, -0.1) is 11.3 Å². The molecule has 1 aliphatic heterocycles. The van der Waals surface area contributed by atoms with Gasteiger partial charge in [0.15, 0.2) is 0 Å². The van der Waals surface area contributed by atoms with E-state index in [1.165, 1.54) is 18.2 Å². The van der Waals surface area contributed by atoms with Crippen molar-refractivity contribution in [3.63, 3.8) is 0 Å². The van der Waals surface area contributed by atoms with E-state index in [0.29, 0.717) is 19.3 Å².